The summed E-state index contributed by atoms with van der Waals surface area (Å²) < 4.78 is 0. The maximum Gasteiger partial charge on any atom is 0.0692 e. The highest BCUT2D eigenvalue weighted by molar-refractivity contribution is 5.09. The Morgan fingerprint density at radius 2 is 1.33 bits per heavy atom. The molecule has 0 spiro atoms. The van der Waals surface area contributed by atoms with Gasteiger partial charge in [-0.25, -0.2) is 0 Å². The lowest BCUT2D eigenvalue weighted by Gasteiger charge is -2.50. The van der Waals surface area contributed by atoms with Gasteiger partial charge in [0.05, 0.1) is 11.5 Å². The summed E-state index contributed by atoms with van der Waals surface area (Å²) >= 11 is 0. The van der Waals surface area contributed by atoms with Crippen LogP contribution in [0.3, 0.4) is 0 Å². The van der Waals surface area contributed by atoms with E-state index < -0.39 is 0 Å². The molecule has 0 saturated heterocycles. The van der Waals surface area contributed by atoms with Crippen LogP contribution in [0.1, 0.15) is 142 Å². The van der Waals surface area contributed by atoms with E-state index in [1.54, 1.807) is 0 Å². The van der Waals surface area contributed by atoms with Crippen molar-refractivity contribution in [3.8, 4) is 6.07 Å². The average molecular weight is 414 g/mol. The molecule has 3 fully saturated rings. The van der Waals surface area contributed by atoms with Gasteiger partial charge in [-0.15, -0.1) is 0 Å². The lowest BCUT2D eigenvalue weighted by molar-refractivity contribution is 0.0146. The lowest BCUT2D eigenvalue weighted by Crippen LogP contribution is -2.42. The number of rotatable bonds is 11. The van der Waals surface area contributed by atoms with E-state index >= 15 is 0 Å². The highest BCUT2D eigenvalue weighted by Crippen LogP contribution is 2.56. The maximum absolute atomic E-state index is 10.2. The van der Waals surface area contributed by atoms with Gasteiger partial charge in [0, 0.05) is 0 Å². The van der Waals surface area contributed by atoms with Crippen LogP contribution in [-0.2, 0) is 0 Å². The smallest absolute Gasteiger partial charge is 0.0692 e. The van der Waals surface area contributed by atoms with Crippen molar-refractivity contribution in [3.05, 3.63) is 0 Å². The quantitative estimate of drug-likeness (QED) is 0.309. The molecule has 3 rings (SSSR count). The Labute approximate surface area is 188 Å². The molecular formula is C29H51N. The van der Waals surface area contributed by atoms with Gasteiger partial charge in [-0.05, 0) is 74.5 Å². The van der Waals surface area contributed by atoms with Gasteiger partial charge in [0.15, 0.2) is 0 Å². The fourth-order valence-corrected chi connectivity index (χ4v) is 7.61. The van der Waals surface area contributed by atoms with E-state index in [2.05, 4.69) is 19.9 Å². The van der Waals surface area contributed by atoms with Gasteiger partial charge in [0.2, 0.25) is 0 Å². The summed E-state index contributed by atoms with van der Waals surface area (Å²) in [6.07, 6.45) is 28.1. The molecule has 1 heteroatoms. The Balaban J connectivity index is 1.42. The van der Waals surface area contributed by atoms with Crippen molar-refractivity contribution < 1.29 is 0 Å². The van der Waals surface area contributed by atoms with Crippen LogP contribution in [0, 0.1) is 46.3 Å². The highest BCUT2D eigenvalue weighted by Gasteiger charge is 2.48. The van der Waals surface area contributed by atoms with Crippen LogP contribution in [0.25, 0.3) is 0 Å². The normalized spacial score (nSPS) is 36.8. The van der Waals surface area contributed by atoms with Crippen molar-refractivity contribution in [2.24, 2.45) is 35.0 Å². The van der Waals surface area contributed by atoms with Crippen molar-refractivity contribution in [2.45, 2.75) is 142 Å². The first-order valence-electron chi connectivity index (χ1n) is 14.1. The summed E-state index contributed by atoms with van der Waals surface area (Å²) in [7, 11) is 0. The van der Waals surface area contributed by atoms with Crippen molar-refractivity contribution in [1.82, 2.24) is 0 Å². The highest BCUT2D eigenvalue weighted by atomic mass is 14.5. The molecule has 0 heterocycles. The van der Waals surface area contributed by atoms with Gasteiger partial charge in [0.1, 0.15) is 0 Å². The molecule has 0 N–H and O–H groups in total. The minimum absolute atomic E-state index is 0.0557. The molecule has 3 aliphatic rings. The summed E-state index contributed by atoms with van der Waals surface area (Å²) in [6.45, 7) is 4.62. The Morgan fingerprint density at radius 1 is 0.700 bits per heavy atom. The number of nitriles is 1. The molecule has 0 aromatic carbocycles. The van der Waals surface area contributed by atoms with Crippen LogP contribution in [0.2, 0.25) is 0 Å². The first-order valence-corrected chi connectivity index (χ1v) is 14.1. The van der Waals surface area contributed by atoms with Crippen molar-refractivity contribution in [2.75, 3.05) is 0 Å². The fourth-order valence-electron chi connectivity index (χ4n) is 7.61. The van der Waals surface area contributed by atoms with Crippen LogP contribution in [0.4, 0.5) is 0 Å². The summed E-state index contributed by atoms with van der Waals surface area (Å²) in [6, 6.07) is 2.92. The molecule has 0 amide bonds. The fraction of sp³-hybridized carbons (Fsp3) is 0.966. The molecule has 0 bridgehead atoms. The van der Waals surface area contributed by atoms with Crippen LogP contribution in [-0.4, -0.2) is 0 Å². The third kappa shape index (κ3) is 6.50. The standard InChI is InChI=1S/C29H51N/c1-3-5-7-8-10-12-25-15-18-28-21-27(19-20-29(28,22-25)23-30)26-16-13-24(14-17-26)11-9-6-4-2/h24-28H,3-22H2,1-2H3. The Kier molecular flexibility index (Phi) is 10.1. The van der Waals surface area contributed by atoms with Crippen molar-refractivity contribution in [3.63, 3.8) is 0 Å². The SMILES string of the molecule is CCCCCCCC1CCC2CC(C3CCC(CCCCC)CC3)CCC2(C#N)C1. The predicted molar refractivity (Wildman–Crippen MR) is 129 cm³/mol. The van der Waals surface area contributed by atoms with Gasteiger partial charge in [-0.1, -0.05) is 97.3 Å². The molecule has 0 aliphatic heterocycles. The first kappa shape index (κ1) is 24.1. The third-order valence-corrected chi connectivity index (χ3v) is 9.62. The van der Waals surface area contributed by atoms with Crippen LogP contribution in [0.5, 0.6) is 0 Å². The number of fused-ring (bicyclic) bond motifs is 1. The van der Waals surface area contributed by atoms with Gasteiger partial charge in [0.25, 0.3) is 0 Å². The Hall–Kier alpha value is -0.510. The molecule has 0 radical (unpaired) electrons. The van der Waals surface area contributed by atoms with E-state index in [-0.39, 0.29) is 5.41 Å². The second-order valence-electron chi connectivity index (χ2n) is 11.6. The summed E-state index contributed by atoms with van der Waals surface area (Å²) in [4.78, 5) is 0. The van der Waals surface area contributed by atoms with E-state index in [0.29, 0.717) is 0 Å². The zero-order chi connectivity index (χ0) is 21.2. The average Bonchev–Trinajstić information content (AvgIpc) is 2.79. The Bertz CT molecular complexity index is 511. The second-order valence-corrected chi connectivity index (χ2v) is 11.6. The van der Waals surface area contributed by atoms with Gasteiger partial charge in [-0.3, -0.25) is 0 Å². The van der Waals surface area contributed by atoms with E-state index in [0.717, 1.165) is 29.6 Å². The molecule has 3 saturated carbocycles. The number of hydrogen-bond donors (Lipinski definition) is 0. The van der Waals surface area contributed by atoms with Crippen molar-refractivity contribution >= 4 is 0 Å². The van der Waals surface area contributed by atoms with E-state index in [9.17, 15) is 5.26 Å². The largest absolute Gasteiger partial charge is 0.198 e. The van der Waals surface area contributed by atoms with E-state index in [4.69, 9.17) is 0 Å². The summed E-state index contributed by atoms with van der Waals surface area (Å²) in [5, 5.41) is 10.2. The molecule has 0 aromatic rings. The molecule has 172 valence electrons. The zero-order valence-corrected chi connectivity index (χ0v) is 20.5. The lowest BCUT2D eigenvalue weighted by atomic mass is 9.53. The minimum atomic E-state index is 0.0557. The zero-order valence-electron chi connectivity index (χ0n) is 20.5. The first-order chi connectivity index (χ1) is 14.7. The molecule has 3 aliphatic carbocycles. The van der Waals surface area contributed by atoms with E-state index in [1.165, 1.54) is 128 Å². The van der Waals surface area contributed by atoms with Crippen molar-refractivity contribution in [1.29, 1.82) is 5.26 Å². The number of unbranched alkanes of at least 4 members (excludes halogenated alkanes) is 6. The maximum atomic E-state index is 10.2. The van der Waals surface area contributed by atoms with E-state index in [1.807, 2.05) is 0 Å². The second kappa shape index (κ2) is 12.5. The van der Waals surface area contributed by atoms with Gasteiger partial charge < -0.3 is 0 Å². The monoisotopic (exact) mass is 413 g/mol. The molecule has 30 heavy (non-hydrogen) atoms. The summed E-state index contributed by atoms with van der Waals surface area (Å²) in [5.74, 6) is 4.53. The van der Waals surface area contributed by atoms with Crippen LogP contribution in [0.15, 0.2) is 0 Å². The number of nitrogens with zero attached hydrogens (tertiary/aromatic N) is 1. The Morgan fingerprint density at radius 3 is 2.07 bits per heavy atom. The topological polar surface area (TPSA) is 23.8 Å². The summed E-state index contributed by atoms with van der Waals surface area (Å²) in [5.41, 5.74) is 0.0557. The molecular weight excluding hydrogens is 362 g/mol. The number of hydrogen-bond acceptors (Lipinski definition) is 1. The molecule has 4 unspecified atom stereocenters. The minimum Gasteiger partial charge on any atom is -0.198 e. The molecule has 4 atom stereocenters. The molecule has 1 nitrogen and oxygen atoms in total. The third-order valence-electron chi connectivity index (χ3n) is 9.62. The van der Waals surface area contributed by atoms with Crippen LogP contribution >= 0.6 is 0 Å². The predicted octanol–water partition coefficient (Wildman–Crippen LogP) is 9.46. The van der Waals surface area contributed by atoms with Gasteiger partial charge in [-0.2, -0.15) is 5.26 Å². The van der Waals surface area contributed by atoms with Gasteiger partial charge >= 0.3 is 0 Å². The molecule has 0 aromatic heterocycles. The van der Waals surface area contributed by atoms with Crippen LogP contribution < -0.4 is 0 Å².